The second-order valence-electron chi connectivity index (χ2n) is 5.64. The van der Waals surface area contributed by atoms with Crippen LogP contribution in [0.3, 0.4) is 0 Å². The zero-order valence-electron chi connectivity index (χ0n) is 11.7. The van der Waals surface area contributed by atoms with Crippen molar-refractivity contribution in [3.05, 3.63) is 22.7 Å². The Morgan fingerprint density at radius 1 is 1.45 bits per heavy atom. The zero-order chi connectivity index (χ0) is 14.1. The van der Waals surface area contributed by atoms with Gasteiger partial charge >= 0.3 is 0 Å². The summed E-state index contributed by atoms with van der Waals surface area (Å²) in [7, 11) is 0. The standard InChI is InChI=1S/C15H19ClN2OS/c1-9(2)12-7-10(5-6-19-12)18-14-11(16)3-4-13-15(14)17-8-20-13/h3-4,8-10,12,18H,5-7H2,1-2H3. The molecule has 1 aromatic carbocycles. The van der Waals surface area contributed by atoms with Crippen molar-refractivity contribution in [2.75, 3.05) is 11.9 Å². The first-order valence-corrected chi connectivity index (χ1v) is 8.30. The maximum Gasteiger partial charge on any atom is 0.106 e. The van der Waals surface area contributed by atoms with Gasteiger partial charge in [-0.3, -0.25) is 0 Å². The maximum absolute atomic E-state index is 6.35. The average molecular weight is 311 g/mol. The van der Waals surface area contributed by atoms with E-state index in [1.54, 1.807) is 11.3 Å². The van der Waals surface area contributed by atoms with Crippen LogP contribution in [0.5, 0.6) is 0 Å². The van der Waals surface area contributed by atoms with E-state index in [9.17, 15) is 0 Å². The Morgan fingerprint density at radius 2 is 2.30 bits per heavy atom. The molecule has 0 bridgehead atoms. The van der Waals surface area contributed by atoms with Crippen molar-refractivity contribution < 1.29 is 4.74 Å². The number of ether oxygens (including phenoxy) is 1. The third-order valence-electron chi connectivity index (χ3n) is 3.86. The molecule has 2 atom stereocenters. The van der Waals surface area contributed by atoms with Crippen molar-refractivity contribution in [3.63, 3.8) is 0 Å². The number of hydrogen-bond acceptors (Lipinski definition) is 4. The number of nitrogens with zero attached hydrogens (tertiary/aromatic N) is 1. The average Bonchev–Trinajstić information content (AvgIpc) is 2.91. The second-order valence-corrected chi connectivity index (χ2v) is 6.93. The van der Waals surface area contributed by atoms with Crippen LogP contribution in [0.4, 0.5) is 5.69 Å². The molecule has 20 heavy (non-hydrogen) atoms. The number of hydrogen-bond donors (Lipinski definition) is 1. The van der Waals surface area contributed by atoms with E-state index in [1.807, 2.05) is 17.6 Å². The van der Waals surface area contributed by atoms with E-state index in [1.165, 1.54) is 4.70 Å². The lowest BCUT2D eigenvalue weighted by Crippen LogP contribution is -2.36. The summed E-state index contributed by atoms with van der Waals surface area (Å²) in [5.41, 5.74) is 3.82. The van der Waals surface area contributed by atoms with E-state index in [2.05, 4.69) is 24.1 Å². The van der Waals surface area contributed by atoms with Crippen LogP contribution < -0.4 is 5.32 Å². The molecule has 1 N–H and O–H groups in total. The summed E-state index contributed by atoms with van der Waals surface area (Å²) in [4.78, 5) is 4.44. The van der Waals surface area contributed by atoms with Gasteiger partial charge in [0.1, 0.15) is 5.52 Å². The lowest BCUT2D eigenvalue weighted by molar-refractivity contribution is -0.0160. The minimum absolute atomic E-state index is 0.328. The van der Waals surface area contributed by atoms with Gasteiger partial charge in [0.2, 0.25) is 0 Å². The third kappa shape index (κ3) is 2.78. The van der Waals surface area contributed by atoms with Crippen LogP contribution in [-0.2, 0) is 4.74 Å². The summed E-state index contributed by atoms with van der Waals surface area (Å²) in [6.45, 7) is 5.23. The van der Waals surface area contributed by atoms with Crippen molar-refractivity contribution in [1.29, 1.82) is 0 Å². The minimum atomic E-state index is 0.328. The molecule has 5 heteroatoms. The molecule has 1 aromatic heterocycles. The number of rotatable bonds is 3. The van der Waals surface area contributed by atoms with Crippen LogP contribution in [0, 0.1) is 5.92 Å². The van der Waals surface area contributed by atoms with Crippen LogP contribution in [0.2, 0.25) is 5.02 Å². The molecule has 3 rings (SSSR count). The lowest BCUT2D eigenvalue weighted by Gasteiger charge is -2.33. The van der Waals surface area contributed by atoms with Gasteiger partial charge in [-0.15, -0.1) is 11.3 Å². The van der Waals surface area contributed by atoms with Crippen LogP contribution in [-0.4, -0.2) is 23.7 Å². The highest BCUT2D eigenvalue weighted by Crippen LogP contribution is 2.34. The van der Waals surface area contributed by atoms with Gasteiger partial charge < -0.3 is 10.1 Å². The molecule has 0 aliphatic carbocycles. The number of benzene rings is 1. The third-order valence-corrected chi connectivity index (χ3v) is 4.97. The van der Waals surface area contributed by atoms with E-state index < -0.39 is 0 Å². The summed E-state index contributed by atoms with van der Waals surface area (Å²) in [5.74, 6) is 0.546. The van der Waals surface area contributed by atoms with Gasteiger partial charge in [0.15, 0.2) is 0 Å². The molecule has 0 spiro atoms. The Balaban J connectivity index is 1.82. The van der Waals surface area contributed by atoms with Crippen LogP contribution >= 0.6 is 22.9 Å². The number of thiazole rings is 1. The summed E-state index contributed by atoms with van der Waals surface area (Å²) in [6.07, 6.45) is 2.36. The molecule has 0 saturated carbocycles. The highest BCUT2D eigenvalue weighted by molar-refractivity contribution is 7.16. The van der Waals surface area contributed by atoms with Crippen molar-refractivity contribution in [3.8, 4) is 0 Å². The summed E-state index contributed by atoms with van der Waals surface area (Å²) in [6, 6.07) is 4.38. The first kappa shape index (κ1) is 14.1. The molecule has 3 nitrogen and oxygen atoms in total. The van der Waals surface area contributed by atoms with Crippen LogP contribution in [0.25, 0.3) is 10.2 Å². The molecule has 2 aromatic rings. The predicted octanol–water partition coefficient (Wildman–Crippen LogP) is 4.57. The van der Waals surface area contributed by atoms with Gasteiger partial charge in [-0.1, -0.05) is 25.4 Å². The summed E-state index contributed by atoms with van der Waals surface area (Å²) in [5, 5.41) is 4.34. The van der Waals surface area contributed by atoms with Crippen LogP contribution in [0.15, 0.2) is 17.6 Å². The maximum atomic E-state index is 6.35. The highest BCUT2D eigenvalue weighted by Gasteiger charge is 2.25. The first-order chi connectivity index (χ1) is 9.65. The fourth-order valence-corrected chi connectivity index (χ4v) is 3.56. The quantitative estimate of drug-likeness (QED) is 0.902. The van der Waals surface area contributed by atoms with Crippen molar-refractivity contribution in [2.24, 2.45) is 5.92 Å². The fourth-order valence-electron chi connectivity index (χ4n) is 2.67. The number of aromatic nitrogens is 1. The molecule has 1 aliphatic rings. The Morgan fingerprint density at radius 3 is 3.10 bits per heavy atom. The lowest BCUT2D eigenvalue weighted by atomic mass is 9.95. The highest BCUT2D eigenvalue weighted by atomic mass is 35.5. The molecule has 0 amide bonds. The molecule has 1 saturated heterocycles. The Labute approximate surface area is 128 Å². The first-order valence-electron chi connectivity index (χ1n) is 7.05. The molecule has 1 aliphatic heterocycles. The summed E-state index contributed by atoms with van der Waals surface area (Å²) >= 11 is 7.99. The SMILES string of the molecule is CC(C)C1CC(Nc2c(Cl)ccc3scnc23)CCO1. The van der Waals surface area contributed by atoms with Crippen LogP contribution in [0.1, 0.15) is 26.7 Å². The second kappa shape index (κ2) is 5.88. The van der Waals surface area contributed by atoms with Crippen molar-refractivity contribution in [1.82, 2.24) is 4.98 Å². The molecule has 1 fully saturated rings. The van der Waals surface area contributed by atoms with Gasteiger partial charge in [-0.2, -0.15) is 0 Å². The van der Waals surface area contributed by atoms with E-state index in [-0.39, 0.29) is 0 Å². The van der Waals surface area contributed by atoms with Gasteiger partial charge in [0.25, 0.3) is 0 Å². The Kier molecular flexibility index (Phi) is 4.15. The number of anilines is 1. The van der Waals surface area contributed by atoms with Gasteiger partial charge in [0.05, 0.1) is 27.0 Å². The molecule has 2 heterocycles. The molecule has 2 unspecified atom stereocenters. The van der Waals surface area contributed by atoms with Gasteiger partial charge in [-0.25, -0.2) is 4.98 Å². The zero-order valence-corrected chi connectivity index (χ0v) is 13.3. The number of halogens is 1. The van der Waals surface area contributed by atoms with Crippen molar-refractivity contribution >= 4 is 38.8 Å². The Hall–Kier alpha value is -0.840. The van der Waals surface area contributed by atoms with E-state index in [0.29, 0.717) is 18.1 Å². The smallest absolute Gasteiger partial charge is 0.106 e. The summed E-state index contributed by atoms with van der Waals surface area (Å²) < 4.78 is 6.99. The largest absolute Gasteiger partial charge is 0.379 e. The van der Waals surface area contributed by atoms with Gasteiger partial charge in [0, 0.05) is 12.6 Å². The number of nitrogens with one attached hydrogen (secondary N) is 1. The van der Waals surface area contributed by atoms with Gasteiger partial charge in [-0.05, 0) is 30.9 Å². The molecule has 108 valence electrons. The van der Waals surface area contributed by atoms with E-state index in [0.717, 1.165) is 35.7 Å². The molecular weight excluding hydrogens is 292 g/mol. The fraction of sp³-hybridized carbons (Fsp3) is 0.533. The number of fused-ring (bicyclic) bond motifs is 1. The normalized spacial score (nSPS) is 23.4. The molecule has 0 radical (unpaired) electrons. The molecular formula is C15H19ClN2OS. The van der Waals surface area contributed by atoms with E-state index in [4.69, 9.17) is 16.3 Å². The topological polar surface area (TPSA) is 34.2 Å². The monoisotopic (exact) mass is 310 g/mol. The van der Waals surface area contributed by atoms with E-state index >= 15 is 0 Å². The van der Waals surface area contributed by atoms with Crippen molar-refractivity contribution in [2.45, 2.75) is 38.8 Å². The predicted molar refractivity (Wildman–Crippen MR) is 85.9 cm³/mol. The minimum Gasteiger partial charge on any atom is -0.379 e. The Bertz CT molecular complexity index is 599.